The number of imidazole rings is 1. The smallest absolute Gasteiger partial charge is 0.197 e. The third-order valence-corrected chi connectivity index (χ3v) is 4.31. The molecule has 0 N–H and O–H groups in total. The molecule has 0 unspecified atom stereocenters. The fourth-order valence-electron chi connectivity index (χ4n) is 2.38. The summed E-state index contributed by atoms with van der Waals surface area (Å²) in [6.45, 7) is 0. The molecule has 0 atom stereocenters. The van der Waals surface area contributed by atoms with E-state index in [2.05, 4.69) is 16.0 Å². The molecule has 4 aromatic rings. The Hall–Kier alpha value is -2.97. The molecule has 0 amide bonds. The number of aromatic nitrogens is 2. The van der Waals surface area contributed by atoms with E-state index in [0.717, 1.165) is 21.6 Å². The van der Waals surface area contributed by atoms with Gasteiger partial charge in [0.25, 0.3) is 0 Å². The first-order valence-corrected chi connectivity index (χ1v) is 7.57. The summed E-state index contributed by atoms with van der Waals surface area (Å²) in [6.07, 6.45) is 1.77. The summed E-state index contributed by atoms with van der Waals surface area (Å²) in [7, 11) is 0. The molecule has 0 radical (unpaired) electrons. The van der Waals surface area contributed by atoms with E-state index in [0.29, 0.717) is 10.7 Å². The van der Waals surface area contributed by atoms with Gasteiger partial charge in [-0.2, -0.15) is 5.26 Å². The SMILES string of the molecule is N#Cc1sc2nc3ccccc3n2c1N=Cc1ccccc1. The number of hydrogen-bond acceptors (Lipinski definition) is 4. The van der Waals surface area contributed by atoms with E-state index in [1.165, 1.54) is 11.3 Å². The van der Waals surface area contributed by atoms with Crippen molar-refractivity contribution in [2.45, 2.75) is 0 Å². The summed E-state index contributed by atoms with van der Waals surface area (Å²) in [5.74, 6) is 0.639. The van der Waals surface area contributed by atoms with Crippen molar-refractivity contribution in [1.29, 1.82) is 5.26 Å². The molecule has 0 aliphatic carbocycles. The third kappa shape index (κ3) is 1.98. The summed E-state index contributed by atoms with van der Waals surface area (Å²) in [4.78, 5) is 10.5. The number of fused-ring (bicyclic) bond motifs is 3. The largest absolute Gasteiger partial charge is 0.266 e. The average Bonchev–Trinajstić information content (AvgIpc) is 3.09. The lowest BCUT2D eigenvalue weighted by molar-refractivity contribution is 1.23. The molecule has 4 rings (SSSR count). The number of aliphatic imine (C=N–C) groups is 1. The molecule has 2 aromatic heterocycles. The van der Waals surface area contributed by atoms with Crippen molar-refractivity contribution in [3.05, 3.63) is 65.0 Å². The van der Waals surface area contributed by atoms with Gasteiger partial charge < -0.3 is 0 Å². The molecule has 0 bridgehead atoms. The summed E-state index contributed by atoms with van der Waals surface area (Å²) in [5, 5.41) is 9.35. The first-order chi connectivity index (χ1) is 10.9. The van der Waals surface area contributed by atoms with Crippen LogP contribution in [-0.2, 0) is 0 Å². The van der Waals surface area contributed by atoms with Crippen molar-refractivity contribution in [1.82, 2.24) is 9.38 Å². The van der Waals surface area contributed by atoms with Crippen LogP contribution in [0.4, 0.5) is 5.82 Å². The van der Waals surface area contributed by atoms with Gasteiger partial charge >= 0.3 is 0 Å². The lowest BCUT2D eigenvalue weighted by atomic mass is 10.2. The van der Waals surface area contributed by atoms with Crippen molar-refractivity contribution in [3.63, 3.8) is 0 Å². The number of nitrogens with zero attached hydrogens (tertiary/aromatic N) is 4. The van der Waals surface area contributed by atoms with E-state index in [1.807, 2.05) is 59.0 Å². The second-order valence-corrected chi connectivity index (χ2v) is 5.73. The number of hydrogen-bond donors (Lipinski definition) is 0. The minimum absolute atomic E-state index is 0.570. The van der Waals surface area contributed by atoms with Crippen molar-refractivity contribution >= 4 is 39.4 Å². The molecule has 0 saturated heterocycles. The van der Waals surface area contributed by atoms with Gasteiger partial charge in [-0.1, -0.05) is 53.8 Å². The van der Waals surface area contributed by atoms with Gasteiger partial charge in [0.1, 0.15) is 6.07 Å². The Morgan fingerprint density at radius 3 is 2.68 bits per heavy atom. The Bertz CT molecular complexity index is 1040. The van der Waals surface area contributed by atoms with Crippen LogP contribution in [0.25, 0.3) is 16.0 Å². The molecule has 0 fully saturated rings. The molecule has 2 aromatic carbocycles. The van der Waals surface area contributed by atoms with E-state index >= 15 is 0 Å². The van der Waals surface area contributed by atoms with Gasteiger partial charge in [0.2, 0.25) is 0 Å². The Labute approximate surface area is 130 Å². The number of thiazole rings is 1. The molecular formula is C17H10N4S. The Balaban J connectivity index is 1.95. The summed E-state index contributed by atoms with van der Waals surface area (Å²) in [6, 6.07) is 19.9. The molecule has 104 valence electrons. The maximum absolute atomic E-state index is 9.35. The first-order valence-electron chi connectivity index (χ1n) is 6.76. The van der Waals surface area contributed by atoms with Crippen molar-refractivity contribution in [3.8, 4) is 6.07 Å². The number of nitriles is 1. The lowest BCUT2D eigenvalue weighted by Gasteiger charge is -1.96. The van der Waals surface area contributed by atoms with Crippen LogP contribution in [0.1, 0.15) is 10.4 Å². The standard InChI is InChI=1S/C17H10N4S/c18-10-15-16(19-11-12-6-2-1-3-7-12)21-14-9-5-4-8-13(14)20-17(21)22-15/h1-9,11H. The summed E-state index contributed by atoms with van der Waals surface area (Å²) in [5.41, 5.74) is 2.88. The summed E-state index contributed by atoms with van der Waals surface area (Å²) >= 11 is 1.36. The van der Waals surface area contributed by atoms with Gasteiger partial charge in [-0.05, 0) is 17.7 Å². The van der Waals surface area contributed by atoms with E-state index in [9.17, 15) is 5.26 Å². The van der Waals surface area contributed by atoms with Crippen LogP contribution in [0.2, 0.25) is 0 Å². The van der Waals surface area contributed by atoms with Crippen molar-refractivity contribution in [2.24, 2.45) is 4.99 Å². The van der Waals surface area contributed by atoms with Crippen molar-refractivity contribution in [2.75, 3.05) is 0 Å². The van der Waals surface area contributed by atoms with Crippen LogP contribution in [-0.4, -0.2) is 15.6 Å². The van der Waals surface area contributed by atoms with Crippen LogP contribution in [0.15, 0.2) is 59.6 Å². The normalized spacial score (nSPS) is 11.4. The summed E-state index contributed by atoms with van der Waals surface area (Å²) < 4.78 is 1.94. The highest BCUT2D eigenvalue weighted by atomic mass is 32.1. The molecule has 2 heterocycles. The Morgan fingerprint density at radius 1 is 1.09 bits per heavy atom. The maximum Gasteiger partial charge on any atom is 0.197 e. The quantitative estimate of drug-likeness (QED) is 0.522. The second-order valence-electron chi connectivity index (χ2n) is 4.75. The molecule has 0 aliphatic heterocycles. The van der Waals surface area contributed by atoms with Crippen LogP contribution in [0, 0.1) is 11.3 Å². The highest BCUT2D eigenvalue weighted by molar-refractivity contribution is 7.18. The highest BCUT2D eigenvalue weighted by Crippen LogP contribution is 2.32. The zero-order valence-electron chi connectivity index (χ0n) is 11.5. The zero-order valence-corrected chi connectivity index (χ0v) is 12.3. The third-order valence-electron chi connectivity index (χ3n) is 3.38. The predicted octanol–water partition coefficient (Wildman–Crippen LogP) is 4.17. The highest BCUT2D eigenvalue weighted by Gasteiger charge is 2.15. The molecule has 4 nitrogen and oxygen atoms in total. The van der Waals surface area contributed by atoms with Crippen LogP contribution < -0.4 is 0 Å². The topological polar surface area (TPSA) is 53.5 Å². The van der Waals surface area contributed by atoms with Gasteiger partial charge in [0, 0.05) is 6.21 Å². The monoisotopic (exact) mass is 302 g/mol. The van der Waals surface area contributed by atoms with E-state index in [-0.39, 0.29) is 0 Å². The number of para-hydroxylation sites is 2. The van der Waals surface area contributed by atoms with Crippen LogP contribution >= 0.6 is 11.3 Å². The minimum Gasteiger partial charge on any atom is -0.266 e. The molecular weight excluding hydrogens is 292 g/mol. The average molecular weight is 302 g/mol. The maximum atomic E-state index is 9.35. The van der Waals surface area contributed by atoms with E-state index in [4.69, 9.17) is 0 Å². The minimum atomic E-state index is 0.570. The molecule has 0 aliphatic rings. The lowest BCUT2D eigenvalue weighted by Crippen LogP contribution is -1.83. The van der Waals surface area contributed by atoms with Gasteiger partial charge in [-0.15, -0.1) is 0 Å². The van der Waals surface area contributed by atoms with Gasteiger partial charge in [0.05, 0.1) is 11.0 Å². The van der Waals surface area contributed by atoms with Gasteiger partial charge in [-0.25, -0.2) is 9.98 Å². The second kappa shape index (κ2) is 5.10. The molecule has 5 heteroatoms. The first kappa shape index (κ1) is 12.7. The van der Waals surface area contributed by atoms with Crippen LogP contribution in [0.5, 0.6) is 0 Å². The molecule has 22 heavy (non-hydrogen) atoms. The van der Waals surface area contributed by atoms with E-state index < -0.39 is 0 Å². The van der Waals surface area contributed by atoms with E-state index in [1.54, 1.807) is 6.21 Å². The molecule has 0 spiro atoms. The molecule has 0 saturated carbocycles. The fourth-order valence-corrected chi connectivity index (χ4v) is 3.26. The Morgan fingerprint density at radius 2 is 1.86 bits per heavy atom. The van der Waals surface area contributed by atoms with Gasteiger partial charge in [0.15, 0.2) is 15.7 Å². The predicted molar refractivity (Wildman–Crippen MR) is 89.0 cm³/mol. The fraction of sp³-hybridized carbons (Fsp3) is 0. The number of rotatable bonds is 2. The Kier molecular flexibility index (Phi) is 2.95. The number of benzene rings is 2. The zero-order chi connectivity index (χ0) is 14.9. The van der Waals surface area contributed by atoms with Crippen molar-refractivity contribution < 1.29 is 0 Å². The van der Waals surface area contributed by atoms with Gasteiger partial charge in [-0.3, -0.25) is 4.40 Å². The van der Waals surface area contributed by atoms with Crippen LogP contribution in [0.3, 0.4) is 0 Å².